The third-order valence-corrected chi connectivity index (χ3v) is 3.98. The maximum Gasteiger partial charge on any atom is 0.309 e. The van der Waals surface area contributed by atoms with E-state index in [4.69, 9.17) is 4.74 Å². The van der Waals surface area contributed by atoms with Crippen LogP contribution >= 0.6 is 0 Å². The molecule has 7 nitrogen and oxygen atoms in total. The molecule has 1 heterocycles. The average molecular weight is 343 g/mol. The lowest BCUT2D eigenvalue weighted by molar-refractivity contribution is -0.149. The summed E-state index contributed by atoms with van der Waals surface area (Å²) in [6.07, 6.45) is 2.74. The molecule has 0 spiro atoms. The Morgan fingerprint density at radius 2 is 2.08 bits per heavy atom. The molecule has 1 amide bonds. The molecule has 1 aliphatic heterocycles. The summed E-state index contributed by atoms with van der Waals surface area (Å²) < 4.78 is 5.02. The van der Waals surface area contributed by atoms with Gasteiger partial charge in [-0.3, -0.25) is 9.59 Å². The number of amides is 1. The highest BCUT2D eigenvalue weighted by atomic mass is 16.5. The monoisotopic (exact) mass is 343 g/mol. The molecule has 0 aliphatic carbocycles. The molecule has 25 heavy (non-hydrogen) atoms. The van der Waals surface area contributed by atoms with E-state index < -0.39 is 5.91 Å². The Kier molecular flexibility index (Phi) is 6.40. The molecule has 0 atom stereocenters. The van der Waals surface area contributed by atoms with Crippen LogP contribution in [0.15, 0.2) is 36.0 Å². The molecule has 7 heteroatoms. The largest absolute Gasteiger partial charge is 0.506 e. The number of hydrogen-bond donors (Lipinski definition) is 2. The van der Waals surface area contributed by atoms with E-state index >= 15 is 0 Å². The number of anilines is 1. The van der Waals surface area contributed by atoms with E-state index in [1.54, 1.807) is 25.1 Å². The van der Waals surface area contributed by atoms with Crippen molar-refractivity contribution >= 4 is 17.6 Å². The van der Waals surface area contributed by atoms with Crippen molar-refractivity contribution in [3.05, 3.63) is 36.0 Å². The van der Waals surface area contributed by atoms with Crippen LogP contribution in [0.25, 0.3) is 0 Å². The quantitative estimate of drug-likeness (QED) is 0.367. The van der Waals surface area contributed by atoms with E-state index in [1.807, 2.05) is 11.0 Å². The van der Waals surface area contributed by atoms with Gasteiger partial charge in [-0.1, -0.05) is 12.1 Å². The SMILES string of the molecule is CCOC(=O)C1CCN(/C=C(/C#N)C(=O)Nc2ccccc2O)CC1. The number of phenols is 1. The van der Waals surface area contributed by atoms with Crippen LogP contribution in [0, 0.1) is 17.2 Å². The summed E-state index contributed by atoms with van der Waals surface area (Å²) in [6, 6.07) is 8.19. The van der Waals surface area contributed by atoms with Gasteiger partial charge in [-0.2, -0.15) is 5.26 Å². The molecule has 0 saturated carbocycles. The van der Waals surface area contributed by atoms with Crippen molar-refractivity contribution in [3.63, 3.8) is 0 Å². The number of aromatic hydroxyl groups is 1. The molecule has 0 aromatic heterocycles. The minimum atomic E-state index is -0.587. The Balaban J connectivity index is 1.97. The Hall–Kier alpha value is -3.01. The number of benzene rings is 1. The van der Waals surface area contributed by atoms with Crippen LogP contribution in [0.5, 0.6) is 5.75 Å². The second-order valence-corrected chi connectivity index (χ2v) is 5.69. The number of hydrogen-bond acceptors (Lipinski definition) is 6. The van der Waals surface area contributed by atoms with Gasteiger partial charge in [0, 0.05) is 19.3 Å². The molecule has 132 valence electrons. The highest BCUT2D eigenvalue weighted by Crippen LogP contribution is 2.23. The van der Waals surface area contributed by atoms with Crippen LogP contribution in [0.4, 0.5) is 5.69 Å². The molecule has 2 N–H and O–H groups in total. The highest BCUT2D eigenvalue weighted by Gasteiger charge is 2.25. The smallest absolute Gasteiger partial charge is 0.309 e. The van der Waals surface area contributed by atoms with E-state index in [2.05, 4.69) is 5.32 Å². The number of ether oxygens (including phenoxy) is 1. The Bertz CT molecular complexity index is 701. The van der Waals surface area contributed by atoms with Gasteiger partial charge in [0.15, 0.2) is 0 Å². The van der Waals surface area contributed by atoms with Crippen molar-refractivity contribution in [2.45, 2.75) is 19.8 Å². The number of nitrogens with zero attached hydrogens (tertiary/aromatic N) is 2. The van der Waals surface area contributed by atoms with Crippen molar-refractivity contribution < 1.29 is 19.4 Å². The lowest BCUT2D eigenvalue weighted by Gasteiger charge is -2.30. The molecule has 0 radical (unpaired) electrons. The third kappa shape index (κ3) is 4.98. The number of nitrogens with one attached hydrogen (secondary N) is 1. The van der Waals surface area contributed by atoms with Gasteiger partial charge in [-0.25, -0.2) is 0 Å². The molecular weight excluding hydrogens is 322 g/mol. The second kappa shape index (κ2) is 8.73. The van der Waals surface area contributed by atoms with Gasteiger partial charge in [-0.05, 0) is 31.9 Å². The van der Waals surface area contributed by atoms with Crippen LogP contribution in [0.2, 0.25) is 0 Å². The van der Waals surface area contributed by atoms with Crippen molar-refractivity contribution in [1.29, 1.82) is 5.26 Å². The average Bonchev–Trinajstić information content (AvgIpc) is 2.62. The molecule has 0 unspecified atom stereocenters. The van der Waals surface area contributed by atoms with Gasteiger partial charge in [-0.15, -0.1) is 0 Å². The summed E-state index contributed by atoms with van der Waals surface area (Å²) >= 11 is 0. The van der Waals surface area contributed by atoms with Crippen molar-refractivity contribution in [1.82, 2.24) is 4.90 Å². The number of piperidine rings is 1. The van der Waals surface area contributed by atoms with Crippen LogP contribution < -0.4 is 5.32 Å². The fourth-order valence-electron chi connectivity index (χ4n) is 2.61. The zero-order valence-electron chi connectivity index (χ0n) is 14.1. The minimum Gasteiger partial charge on any atom is -0.506 e. The molecule has 1 aromatic carbocycles. The predicted molar refractivity (Wildman–Crippen MR) is 91.4 cm³/mol. The van der Waals surface area contributed by atoms with E-state index in [1.165, 1.54) is 12.3 Å². The Morgan fingerprint density at radius 1 is 1.40 bits per heavy atom. The number of carbonyl (C=O) groups is 2. The topological polar surface area (TPSA) is 103 Å². The van der Waals surface area contributed by atoms with E-state index in [9.17, 15) is 20.0 Å². The summed E-state index contributed by atoms with van der Waals surface area (Å²) in [5.41, 5.74) is 0.188. The Labute approximate surface area is 146 Å². The molecule has 1 aromatic rings. The second-order valence-electron chi connectivity index (χ2n) is 5.69. The first-order chi connectivity index (χ1) is 12.0. The van der Waals surface area contributed by atoms with Gasteiger partial charge in [0.1, 0.15) is 17.4 Å². The van der Waals surface area contributed by atoms with Crippen molar-refractivity contribution in [2.75, 3.05) is 25.0 Å². The first kappa shape index (κ1) is 18.3. The summed E-state index contributed by atoms with van der Waals surface area (Å²) in [6.45, 7) is 3.28. The number of phenolic OH excluding ortho intramolecular Hbond substituents is 1. The molecular formula is C18H21N3O4. The molecule has 1 saturated heterocycles. The Morgan fingerprint density at radius 3 is 2.68 bits per heavy atom. The fraction of sp³-hybridized carbons (Fsp3) is 0.389. The lowest BCUT2D eigenvalue weighted by Crippen LogP contribution is -2.34. The van der Waals surface area contributed by atoms with Gasteiger partial charge in [0.25, 0.3) is 5.91 Å². The van der Waals surface area contributed by atoms with E-state index in [0.29, 0.717) is 32.5 Å². The van der Waals surface area contributed by atoms with Gasteiger partial charge >= 0.3 is 5.97 Å². The standard InChI is InChI=1S/C18H21N3O4/c1-2-25-18(24)13-7-9-21(10-8-13)12-14(11-19)17(23)20-15-5-3-4-6-16(15)22/h3-6,12-13,22H,2,7-10H2,1H3,(H,20,23)/b14-12-. The fourth-order valence-corrected chi connectivity index (χ4v) is 2.61. The molecule has 2 rings (SSSR count). The van der Waals surface area contributed by atoms with Crippen LogP contribution in [0.1, 0.15) is 19.8 Å². The number of para-hydroxylation sites is 2. The van der Waals surface area contributed by atoms with Gasteiger partial charge in [0.05, 0.1) is 18.2 Å². The summed E-state index contributed by atoms with van der Waals surface area (Å²) in [4.78, 5) is 25.8. The van der Waals surface area contributed by atoms with Gasteiger partial charge in [0.2, 0.25) is 0 Å². The zero-order chi connectivity index (χ0) is 18.2. The minimum absolute atomic E-state index is 0.0576. The van der Waals surface area contributed by atoms with Gasteiger partial charge < -0.3 is 20.1 Å². The molecule has 1 fully saturated rings. The molecule has 1 aliphatic rings. The van der Waals surface area contributed by atoms with Crippen LogP contribution in [-0.2, 0) is 14.3 Å². The third-order valence-electron chi connectivity index (χ3n) is 3.98. The first-order valence-corrected chi connectivity index (χ1v) is 8.17. The number of likely N-dealkylation sites (tertiary alicyclic amines) is 1. The number of rotatable bonds is 5. The van der Waals surface area contributed by atoms with Crippen LogP contribution in [0.3, 0.4) is 0 Å². The van der Waals surface area contributed by atoms with Crippen LogP contribution in [-0.4, -0.2) is 41.6 Å². The van der Waals surface area contributed by atoms with E-state index in [0.717, 1.165) is 0 Å². The maximum absolute atomic E-state index is 12.2. The van der Waals surface area contributed by atoms with E-state index in [-0.39, 0.29) is 28.9 Å². The number of esters is 1. The zero-order valence-corrected chi connectivity index (χ0v) is 14.1. The van der Waals surface area contributed by atoms with Crippen molar-refractivity contribution in [3.8, 4) is 11.8 Å². The maximum atomic E-state index is 12.2. The summed E-state index contributed by atoms with van der Waals surface area (Å²) in [5.74, 6) is -0.978. The number of carbonyl (C=O) groups excluding carboxylic acids is 2. The summed E-state index contributed by atoms with van der Waals surface area (Å²) in [7, 11) is 0. The lowest BCUT2D eigenvalue weighted by atomic mass is 9.97. The molecule has 0 bridgehead atoms. The summed E-state index contributed by atoms with van der Waals surface area (Å²) in [5, 5.41) is 21.4. The number of nitriles is 1. The predicted octanol–water partition coefficient (Wildman–Crippen LogP) is 2.01. The first-order valence-electron chi connectivity index (χ1n) is 8.17. The van der Waals surface area contributed by atoms with Crippen molar-refractivity contribution in [2.24, 2.45) is 5.92 Å². The normalized spacial score (nSPS) is 15.4. The highest BCUT2D eigenvalue weighted by molar-refractivity contribution is 6.07.